The number of allylic oxidation sites excluding steroid dienone is 1. The van der Waals surface area contributed by atoms with Crippen molar-refractivity contribution in [3.63, 3.8) is 0 Å². The van der Waals surface area contributed by atoms with Crippen LogP contribution in [0.2, 0.25) is 0 Å². The molecule has 2 heterocycles. The molecule has 0 radical (unpaired) electrons. The quantitative estimate of drug-likeness (QED) is 0.420. The summed E-state index contributed by atoms with van der Waals surface area (Å²) in [5.74, 6) is -0.998. The second kappa shape index (κ2) is 11.3. The first-order valence-electron chi connectivity index (χ1n) is 11.8. The lowest BCUT2D eigenvalue weighted by atomic mass is 9.95. The third-order valence-corrected chi connectivity index (χ3v) is 6.57. The summed E-state index contributed by atoms with van der Waals surface area (Å²) < 4.78 is 34.1. The smallest absolute Gasteiger partial charge is 0.195 e. The van der Waals surface area contributed by atoms with Crippen molar-refractivity contribution in [3.8, 4) is 5.75 Å². The van der Waals surface area contributed by atoms with Crippen LogP contribution < -0.4 is 4.74 Å². The molecule has 188 valence electrons. The van der Waals surface area contributed by atoms with Gasteiger partial charge in [-0.05, 0) is 61.0 Å². The molecule has 2 aliphatic rings. The monoisotopic (exact) mass is 511 g/mol. The first-order valence-corrected chi connectivity index (χ1v) is 11.8. The van der Waals surface area contributed by atoms with Crippen LogP contribution in [0, 0.1) is 11.6 Å². The fourth-order valence-electron chi connectivity index (χ4n) is 4.74. The molecule has 36 heavy (non-hydrogen) atoms. The second-order valence-corrected chi connectivity index (χ2v) is 9.03. The number of ketones is 1. The molecule has 8 heteroatoms. The molecule has 0 spiro atoms. The molecule has 0 bridgehead atoms. The lowest BCUT2D eigenvalue weighted by Crippen LogP contribution is -2.44. The van der Waals surface area contributed by atoms with Crippen LogP contribution in [0.25, 0.3) is 11.1 Å². The van der Waals surface area contributed by atoms with Gasteiger partial charge >= 0.3 is 0 Å². The van der Waals surface area contributed by atoms with Crippen molar-refractivity contribution in [1.82, 2.24) is 14.8 Å². The van der Waals surface area contributed by atoms with Gasteiger partial charge in [-0.1, -0.05) is 6.07 Å². The molecular formula is C28H28ClF2N3O2. The minimum Gasteiger partial charge on any atom is -0.494 e. The number of fused-ring (bicyclic) bond motifs is 1. The van der Waals surface area contributed by atoms with Crippen molar-refractivity contribution in [3.05, 3.63) is 94.8 Å². The Balaban J connectivity index is 0.00000304. The summed E-state index contributed by atoms with van der Waals surface area (Å²) in [5.41, 5.74) is 2.88. The molecule has 1 aromatic heterocycles. The fraction of sp³-hybridized carbons (Fsp3) is 0.286. The van der Waals surface area contributed by atoms with Crippen LogP contribution in [-0.4, -0.2) is 66.9 Å². The second-order valence-electron chi connectivity index (χ2n) is 9.03. The molecule has 1 fully saturated rings. The van der Waals surface area contributed by atoms with Crippen LogP contribution in [0.4, 0.5) is 8.78 Å². The molecule has 3 aromatic rings. The number of likely N-dealkylation sites (N-methyl/N-ethyl adjacent to an activating group) is 1. The van der Waals surface area contributed by atoms with Crippen molar-refractivity contribution in [1.29, 1.82) is 0 Å². The van der Waals surface area contributed by atoms with Crippen LogP contribution in [0.5, 0.6) is 5.75 Å². The molecule has 0 amide bonds. The summed E-state index contributed by atoms with van der Waals surface area (Å²) in [6.45, 7) is 5.81. The number of carbonyl (C=O) groups excluding carboxylic acids is 1. The normalized spacial score (nSPS) is 16.1. The van der Waals surface area contributed by atoms with Crippen LogP contribution in [0.1, 0.15) is 33.5 Å². The first-order chi connectivity index (χ1) is 17.0. The summed E-state index contributed by atoms with van der Waals surface area (Å²) in [6, 6.07) is 12.2. The van der Waals surface area contributed by atoms with E-state index in [1.54, 1.807) is 36.7 Å². The molecule has 5 rings (SSSR count). The van der Waals surface area contributed by atoms with Gasteiger partial charge in [-0.3, -0.25) is 9.78 Å². The van der Waals surface area contributed by atoms with Gasteiger partial charge in [-0.2, -0.15) is 0 Å². The number of piperazine rings is 1. The highest BCUT2D eigenvalue weighted by Gasteiger charge is 2.32. The largest absolute Gasteiger partial charge is 0.494 e. The van der Waals surface area contributed by atoms with E-state index in [0.29, 0.717) is 45.8 Å². The number of pyridine rings is 1. The van der Waals surface area contributed by atoms with Gasteiger partial charge in [0.25, 0.3) is 0 Å². The number of halogens is 3. The Morgan fingerprint density at radius 1 is 0.917 bits per heavy atom. The Morgan fingerprint density at radius 3 is 2.36 bits per heavy atom. The van der Waals surface area contributed by atoms with Crippen molar-refractivity contribution in [2.24, 2.45) is 0 Å². The molecule has 1 aliphatic carbocycles. The van der Waals surface area contributed by atoms with E-state index >= 15 is 0 Å². The van der Waals surface area contributed by atoms with E-state index in [1.165, 1.54) is 12.1 Å². The number of benzene rings is 2. The Kier molecular flexibility index (Phi) is 8.14. The summed E-state index contributed by atoms with van der Waals surface area (Å²) in [5, 5.41) is 0. The zero-order chi connectivity index (χ0) is 24.4. The fourth-order valence-corrected chi connectivity index (χ4v) is 4.74. The maximum absolute atomic E-state index is 14.1. The minimum atomic E-state index is -0.695. The van der Waals surface area contributed by atoms with Crippen molar-refractivity contribution in [2.45, 2.75) is 6.42 Å². The summed E-state index contributed by atoms with van der Waals surface area (Å²) >= 11 is 0. The Bertz CT molecular complexity index is 1250. The van der Waals surface area contributed by atoms with Crippen LogP contribution in [0.3, 0.4) is 0 Å². The Labute approximate surface area is 215 Å². The van der Waals surface area contributed by atoms with E-state index in [4.69, 9.17) is 4.74 Å². The summed E-state index contributed by atoms with van der Waals surface area (Å²) in [6.07, 6.45) is 4.10. The first kappa shape index (κ1) is 25.9. The number of hydrogen-bond donors (Lipinski definition) is 0. The van der Waals surface area contributed by atoms with Crippen molar-refractivity contribution in [2.75, 3.05) is 46.4 Å². The lowest BCUT2D eigenvalue weighted by molar-refractivity contribution is 0.105. The zero-order valence-electron chi connectivity index (χ0n) is 20.0. The molecule has 1 saturated heterocycles. The van der Waals surface area contributed by atoms with Gasteiger partial charge in [-0.25, -0.2) is 8.78 Å². The average Bonchev–Trinajstić information content (AvgIpc) is 3.15. The molecule has 2 aromatic carbocycles. The van der Waals surface area contributed by atoms with Gasteiger partial charge in [0.05, 0.1) is 6.61 Å². The molecule has 0 N–H and O–H groups in total. The summed E-state index contributed by atoms with van der Waals surface area (Å²) in [7, 11) is 2.14. The third-order valence-electron chi connectivity index (χ3n) is 6.57. The van der Waals surface area contributed by atoms with Crippen molar-refractivity contribution < 1.29 is 18.3 Å². The van der Waals surface area contributed by atoms with Crippen molar-refractivity contribution >= 4 is 29.3 Å². The maximum atomic E-state index is 14.1. The van der Waals surface area contributed by atoms with E-state index in [-0.39, 0.29) is 18.2 Å². The zero-order valence-corrected chi connectivity index (χ0v) is 20.9. The minimum absolute atomic E-state index is 0. The van der Waals surface area contributed by atoms with Crippen LogP contribution in [0.15, 0.2) is 60.9 Å². The van der Waals surface area contributed by atoms with Gasteiger partial charge < -0.3 is 14.5 Å². The highest BCUT2D eigenvalue weighted by atomic mass is 35.5. The Morgan fingerprint density at radius 2 is 1.67 bits per heavy atom. The third kappa shape index (κ3) is 5.48. The lowest BCUT2D eigenvalue weighted by Gasteiger charge is -2.32. The van der Waals surface area contributed by atoms with E-state index in [2.05, 4.69) is 21.8 Å². The number of rotatable bonds is 7. The molecule has 5 nitrogen and oxygen atoms in total. The number of hydrogen-bond acceptors (Lipinski definition) is 5. The van der Waals surface area contributed by atoms with Gasteiger partial charge in [0.15, 0.2) is 5.78 Å². The van der Waals surface area contributed by atoms with E-state index < -0.39 is 11.6 Å². The topological polar surface area (TPSA) is 45.7 Å². The SMILES string of the molecule is CN1CCN(CCCOc2ccc3c(c2)C(=O)C(c2cccnc2)=C3c2cc(F)cc(F)c2)CC1.Cl. The van der Waals surface area contributed by atoms with Gasteiger partial charge in [-0.15, -0.1) is 12.4 Å². The molecule has 1 aliphatic heterocycles. The highest BCUT2D eigenvalue weighted by molar-refractivity contribution is 6.41. The number of nitrogens with zero attached hydrogens (tertiary/aromatic N) is 3. The van der Waals surface area contributed by atoms with Crippen LogP contribution >= 0.6 is 12.4 Å². The summed E-state index contributed by atoms with van der Waals surface area (Å²) in [4.78, 5) is 22.4. The Hall–Kier alpha value is -3.13. The predicted octanol–water partition coefficient (Wildman–Crippen LogP) is 4.95. The number of carbonyl (C=O) groups is 1. The molecule has 0 saturated carbocycles. The molecular weight excluding hydrogens is 484 g/mol. The molecule has 0 atom stereocenters. The number of aromatic nitrogens is 1. The van der Waals surface area contributed by atoms with E-state index in [0.717, 1.165) is 45.2 Å². The number of Topliss-reactive ketones (excluding diaryl/α,β-unsaturated/α-hetero) is 1. The van der Waals surface area contributed by atoms with E-state index in [1.807, 2.05) is 6.07 Å². The predicted molar refractivity (Wildman–Crippen MR) is 139 cm³/mol. The van der Waals surface area contributed by atoms with Gasteiger partial charge in [0.1, 0.15) is 17.4 Å². The number of ether oxygens (including phenoxy) is 1. The highest BCUT2D eigenvalue weighted by Crippen LogP contribution is 2.43. The van der Waals surface area contributed by atoms with E-state index in [9.17, 15) is 13.6 Å². The average molecular weight is 512 g/mol. The standard InChI is InChI=1S/C28H27F2N3O2.ClH/c1-32-9-11-33(12-10-32)8-3-13-35-23-5-6-24-25(17-23)28(34)27(19-4-2-7-31-18-19)26(24)20-14-21(29)16-22(30)15-20;/h2,4-7,14-18H,3,8-13H2,1H3;1H. The molecule has 0 unspecified atom stereocenters. The maximum Gasteiger partial charge on any atom is 0.195 e. The van der Waals surface area contributed by atoms with Gasteiger partial charge in [0.2, 0.25) is 0 Å². The van der Waals surface area contributed by atoms with Gasteiger partial charge in [0, 0.05) is 73.5 Å². The van der Waals surface area contributed by atoms with Crippen LogP contribution in [-0.2, 0) is 0 Å².